The van der Waals surface area contributed by atoms with E-state index in [1.165, 1.54) is 11.3 Å². The van der Waals surface area contributed by atoms with E-state index >= 15 is 0 Å². The zero-order chi connectivity index (χ0) is 16.8. The highest BCUT2D eigenvalue weighted by Crippen LogP contribution is 2.34. The van der Waals surface area contributed by atoms with Crippen molar-refractivity contribution in [2.24, 2.45) is 4.99 Å². The largest absolute Gasteiger partial charge is 0.383 e. The number of anilines is 2. The summed E-state index contributed by atoms with van der Waals surface area (Å²) in [5, 5.41) is 4.94. The highest BCUT2D eigenvalue weighted by atomic mass is 32.1. The van der Waals surface area contributed by atoms with Crippen LogP contribution in [0.25, 0.3) is 6.08 Å². The van der Waals surface area contributed by atoms with Crippen LogP contribution in [-0.2, 0) is 11.3 Å². The van der Waals surface area contributed by atoms with Crippen LogP contribution in [0.4, 0.5) is 16.0 Å². The Kier molecular flexibility index (Phi) is 5.63. The highest BCUT2D eigenvalue weighted by Gasteiger charge is 2.10. The predicted octanol–water partition coefficient (Wildman–Crippen LogP) is 2.87. The van der Waals surface area contributed by atoms with E-state index in [0.29, 0.717) is 6.61 Å². The SMILES string of the molecule is COCCN(C)Cc1cc(Nc2nc3c(s2)N=CCC=C3)ncn1. The number of likely N-dealkylation sites (N-methyl/N-ethyl adjacent to an activating group) is 1. The molecule has 0 amide bonds. The molecule has 7 nitrogen and oxygen atoms in total. The van der Waals surface area contributed by atoms with Crippen molar-refractivity contribution in [3.63, 3.8) is 0 Å². The van der Waals surface area contributed by atoms with Gasteiger partial charge in [-0.05, 0) is 13.1 Å². The lowest BCUT2D eigenvalue weighted by atomic mass is 10.3. The topological polar surface area (TPSA) is 75.5 Å². The van der Waals surface area contributed by atoms with Gasteiger partial charge in [0.25, 0.3) is 0 Å². The van der Waals surface area contributed by atoms with Crippen LogP contribution in [0.2, 0.25) is 0 Å². The number of rotatable bonds is 7. The summed E-state index contributed by atoms with van der Waals surface area (Å²) in [6, 6.07) is 1.94. The van der Waals surface area contributed by atoms with Crippen molar-refractivity contribution < 1.29 is 4.74 Å². The molecular weight excluding hydrogens is 324 g/mol. The Morgan fingerprint density at radius 1 is 1.38 bits per heavy atom. The molecule has 0 atom stereocenters. The third-order valence-corrected chi connectivity index (χ3v) is 4.32. The summed E-state index contributed by atoms with van der Waals surface area (Å²) in [4.78, 5) is 19.7. The van der Waals surface area contributed by atoms with Crippen molar-refractivity contribution in [2.75, 3.05) is 32.6 Å². The third-order valence-electron chi connectivity index (χ3n) is 3.43. The Morgan fingerprint density at radius 3 is 3.17 bits per heavy atom. The number of aliphatic imine (C=N–C) groups is 1. The maximum Gasteiger partial charge on any atom is 0.190 e. The number of hydrogen-bond acceptors (Lipinski definition) is 8. The minimum absolute atomic E-state index is 0.700. The number of aromatic nitrogens is 3. The van der Waals surface area contributed by atoms with Gasteiger partial charge in [-0.3, -0.25) is 4.90 Å². The first-order chi connectivity index (χ1) is 11.7. The van der Waals surface area contributed by atoms with Crippen LogP contribution in [0.15, 0.2) is 23.5 Å². The van der Waals surface area contributed by atoms with Crippen LogP contribution in [0.3, 0.4) is 0 Å². The van der Waals surface area contributed by atoms with Gasteiger partial charge in [-0.2, -0.15) is 0 Å². The number of nitrogens with one attached hydrogen (secondary N) is 1. The predicted molar refractivity (Wildman–Crippen MR) is 97.4 cm³/mol. The van der Waals surface area contributed by atoms with Crippen LogP contribution >= 0.6 is 11.3 Å². The van der Waals surface area contributed by atoms with Crippen molar-refractivity contribution in [3.05, 3.63) is 29.9 Å². The molecule has 0 saturated carbocycles. The van der Waals surface area contributed by atoms with Crippen molar-refractivity contribution in [3.8, 4) is 0 Å². The number of methoxy groups -OCH3 is 1. The quantitative estimate of drug-likeness (QED) is 0.832. The van der Waals surface area contributed by atoms with Crippen LogP contribution in [0.1, 0.15) is 17.8 Å². The molecule has 0 fully saturated rings. The molecule has 1 aliphatic rings. The molecule has 126 valence electrons. The van der Waals surface area contributed by atoms with E-state index in [0.717, 1.165) is 46.8 Å². The average Bonchev–Trinajstić information content (AvgIpc) is 2.81. The molecule has 1 aliphatic heterocycles. The summed E-state index contributed by atoms with van der Waals surface area (Å²) in [7, 11) is 3.74. The van der Waals surface area contributed by atoms with Gasteiger partial charge in [0, 0.05) is 38.9 Å². The van der Waals surface area contributed by atoms with Crippen LogP contribution in [-0.4, -0.2) is 53.4 Å². The molecule has 3 rings (SSSR count). The van der Waals surface area contributed by atoms with Gasteiger partial charge in [-0.15, -0.1) is 0 Å². The van der Waals surface area contributed by atoms with E-state index in [4.69, 9.17) is 4.74 Å². The molecule has 8 heteroatoms. The van der Waals surface area contributed by atoms with Crippen molar-refractivity contribution in [1.82, 2.24) is 19.9 Å². The number of ether oxygens (including phenoxy) is 1. The Bertz CT molecular complexity index is 712. The van der Waals surface area contributed by atoms with Crippen molar-refractivity contribution in [1.29, 1.82) is 0 Å². The van der Waals surface area contributed by atoms with Gasteiger partial charge in [-0.25, -0.2) is 19.9 Å². The van der Waals surface area contributed by atoms with Gasteiger partial charge in [0.05, 0.1) is 12.3 Å². The van der Waals surface area contributed by atoms with Crippen LogP contribution in [0, 0.1) is 0 Å². The Hall–Kier alpha value is -2.16. The molecule has 0 aliphatic carbocycles. The fraction of sp³-hybridized carbons (Fsp3) is 0.375. The molecule has 1 N–H and O–H groups in total. The lowest BCUT2D eigenvalue weighted by Crippen LogP contribution is -2.22. The molecular formula is C16H20N6OS. The second kappa shape index (κ2) is 8.09. The first kappa shape index (κ1) is 16.7. The van der Waals surface area contributed by atoms with Gasteiger partial charge >= 0.3 is 0 Å². The fourth-order valence-corrected chi connectivity index (χ4v) is 3.05. The molecule has 2 aromatic heterocycles. The maximum absolute atomic E-state index is 5.09. The van der Waals surface area contributed by atoms with E-state index in [-0.39, 0.29) is 0 Å². The van der Waals surface area contributed by atoms with E-state index in [1.54, 1.807) is 13.4 Å². The van der Waals surface area contributed by atoms with Crippen LogP contribution < -0.4 is 5.32 Å². The first-order valence-corrected chi connectivity index (χ1v) is 8.51. The standard InChI is InChI=1S/C16H20N6OS/c1-22(7-8-23-2)10-12-9-14(19-11-18-12)21-16-20-13-5-3-4-6-17-15(13)24-16/h3,5-6,9,11H,4,7-8,10H2,1-2H3,(H,18,19,20,21). The van der Waals surface area contributed by atoms with Gasteiger partial charge in [0.2, 0.25) is 0 Å². The number of nitrogens with zero attached hydrogens (tertiary/aromatic N) is 5. The van der Waals surface area contributed by atoms with Crippen molar-refractivity contribution in [2.45, 2.75) is 13.0 Å². The molecule has 0 aromatic carbocycles. The Balaban J connectivity index is 1.67. The highest BCUT2D eigenvalue weighted by molar-refractivity contribution is 7.19. The monoisotopic (exact) mass is 344 g/mol. The first-order valence-electron chi connectivity index (χ1n) is 7.70. The lowest BCUT2D eigenvalue weighted by Gasteiger charge is -2.15. The minimum Gasteiger partial charge on any atom is -0.383 e. The molecule has 0 unspecified atom stereocenters. The molecule has 0 bridgehead atoms. The molecule has 0 spiro atoms. The molecule has 3 heterocycles. The molecule has 0 radical (unpaired) electrons. The zero-order valence-electron chi connectivity index (χ0n) is 13.8. The molecule has 2 aromatic rings. The number of thiazole rings is 1. The Labute approximate surface area is 145 Å². The second-order valence-electron chi connectivity index (χ2n) is 5.41. The summed E-state index contributed by atoms with van der Waals surface area (Å²) in [6.45, 7) is 2.29. The summed E-state index contributed by atoms with van der Waals surface area (Å²) in [6.07, 6.45) is 8.36. The second-order valence-corrected chi connectivity index (χ2v) is 6.39. The maximum atomic E-state index is 5.09. The van der Waals surface area contributed by atoms with E-state index < -0.39 is 0 Å². The number of hydrogen-bond donors (Lipinski definition) is 1. The summed E-state index contributed by atoms with van der Waals surface area (Å²) >= 11 is 1.52. The van der Waals surface area contributed by atoms with Gasteiger partial charge in [0.15, 0.2) is 5.13 Å². The van der Waals surface area contributed by atoms with E-state index in [1.807, 2.05) is 25.4 Å². The summed E-state index contributed by atoms with van der Waals surface area (Å²) in [5.74, 6) is 0.733. The summed E-state index contributed by atoms with van der Waals surface area (Å²) in [5.41, 5.74) is 1.84. The third kappa shape index (κ3) is 4.44. The lowest BCUT2D eigenvalue weighted by molar-refractivity contribution is 0.158. The number of allylic oxidation sites excluding steroid dienone is 1. The van der Waals surface area contributed by atoms with Gasteiger partial charge in [0.1, 0.15) is 22.8 Å². The number of fused-ring (bicyclic) bond motifs is 1. The van der Waals surface area contributed by atoms with Crippen LogP contribution in [0.5, 0.6) is 0 Å². The Morgan fingerprint density at radius 2 is 2.29 bits per heavy atom. The van der Waals surface area contributed by atoms with Crippen molar-refractivity contribution >= 4 is 39.6 Å². The van der Waals surface area contributed by atoms with E-state index in [2.05, 4.69) is 36.2 Å². The van der Waals surface area contributed by atoms with E-state index in [9.17, 15) is 0 Å². The fourth-order valence-electron chi connectivity index (χ4n) is 2.22. The summed E-state index contributed by atoms with van der Waals surface area (Å²) < 4.78 is 5.09. The van der Waals surface area contributed by atoms with Gasteiger partial charge < -0.3 is 10.1 Å². The van der Waals surface area contributed by atoms with Gasteiger partial charge in [-0.1, -0.05) is 17.4 Å². The molecule has 24 heavy (non-hydrogen) atoms. The normalized spacial score (nSPS) is 13.1. The minimum atomic E-state index is 0.700. The zero-order valence-corrected chi connectivity index (χ0v) is 14.6. The smallest absolute Gasteiger partial charge is 0.190 e. The molecule has 0 saturated heterocycles. The average molecular weight is 344 g/mol.